The fourth-order valence-electron chi connectivity index (χ4n) is 5.16. The summed E-state index contributed by atoms with van der Waals surface area (Å²) in [6.07, 6.45) is 1.13. The molecule has 0 saturated carbocycles. The minimum atomic E-state index is -0.433. The van der Waals surface area contributed by atoms with Crippen LogP contribution in [0.15, 0.2) is 53.7 Å². The average Bonchev–Trinajstić information content (AvgIpc) is 3.25. The van der Waals surface area contributed by atoms with E-state index in [0.29, 0.717) is 47.0 Å². The van der Waals surface area contributed by atoms with Crippen molar-refractivity contribution in [1.29, 1.82) is 0 Å². The maximum atomic E-state index is 13.6. The number of nitro groups is 1. The molecule has 1 aromatic heterocycles. The first-order valence-electron chi connectivity index (χ1n) is 11.3. The predicted molar refractivity (Wildman–Crippen MR) is 131 cm³/mol. The molecule has 2 N–H and O–H groups in total. The number of non-ortho nitro benzene ring substituents is 1. The lowest BCUT2D eigenvalue weighted by atomic mass is 9.69. The van der Waals surface area contributed by atoms with Gasteiger partial charge in [0.15, 0.2) is 23.1 Å². The fraction of sp³-hybridized carbons (Fsp3) is 0.308. The van der Waals surface area contributed by atoms with Crippen LogP contribution in [-0.4, -0.2) is 35.1 Å². The molecular weight excluding hydrogens is 448 g/mol. The maximum Gasteiger partial charge on any atom is 0.270 e. The van der Waals surface area contributed by atoms with Crippen molar-refractivity contribution in [3.63, 3.8) is 0 Å². The third-order valence-corrected chi connectivity index (χ3v) is 6.66. The number of methoxy groups -OCH3 is 2. The number of anilines is 1. The third kappa shape index (κ3) is 3.82. The molecule has 1 aliphatic carbocycles. The van der Waals surface area contributed by atoms with E-state index in [2.05, 4.69) is 29.4 Å². The Morgan fingerprint density at radius 2 is 1.86 bits per heavy atom. The maximum absolute atomic E-state index is 13.6. The molecule has 0 bridgehead atoms. The lowest BCUT2D eigenvalue weighted by Crippen LogP contribution is -2.33. The molecule has 180 valence electrons. The van der Waals surface area contributed by atoms with Crippen molar-refractivity contribution < 1.29 is 19.2 Å². The molecule has 2 aromatic carbocycles. The van der Waals surface area contributed by atoms with E-state index in [9.17, 15) is 14.9 Å². The number of carbonyl (C=O) groups excluding carboxylic acids is 1. The second-order valence-corrected chi connectivity index (χ2v) is 9.67. The third-order valence-electron chi connectivity index (χ3n) is 6.66. The molecule has 9 heteroatoms. The van der Waals surface area contributed by atoms with Crippen LogP contribution in [0.3, 0.4) is 0 Å². The van der Waals surface area contributed by atoms with E-state index in [1.807, 2.05) is 18.2 Å². The molecule has 1 aliphatic heterocycles. The number of ether oxygens (including phenoxy) is 2. The van der Waals surface area contributed by atoms with Crippen LogP contribution in [-0.2, 0) is 4.79 Å². The van der Waals surface area contributed by atoms with E-state index in [-0.39, 0.29) is 16.9 Å². The zero-order valence-corrected chi connectivity index (χ0v) is 20.0. The highest BCUT2D eigenvalue weighted by Crippen LogP contribution is 2.51. The average molecular weight is 475 g/mol. The van der Waals surface area contributed by atoms with Gasteiger partial charge in [0.25, 0.3) is 5.69 Å². The molecule has 9 nitrogen and oxygen atoms in total. The van der Waals surface area contributed by atoms with Crippen LogP contribution in [0.2, 0.25) is 0 Å². The Hall–Kier alpha value is -4.14. The first-order chi connectivity index (χ1) is 16.7. The first-order valence-corrected chi connectivity index (χ1v) is 11.3. The molecule has 0 fully saturated rings. The summed E-state index contributed by atoms with van der Waals surface area (Å²) >= 11 is 0. The second-order valence-electron chi connectivity index (χ2n) is 9.67. The highest BCUT2D eigenvalue weighted by atomic mass is 16.6. The van der Waals surface area contributed by atoms with Gasteiger partial charge in [0.05, 0.1) is 24.8 Å². The number of fused-ring (bicyclic) bond motifs is 1. The Morgan fingerprint density at radius 3 is 2.57 bits per heavy atom. The summed E-state index contributed by atoms with van der Waals surface area (Å²) in [5.74, 6) is 1.38. The number of allylic oxidation sites excluding steroid dienone is 2. The number of carbonyl (C=O) groups is 1. The Kier molecular flexibility index (Phi) is 5.35. The Labute approximate surface area is 202 Å². The van der Waals surface area contributed by atoms with E-state index in [4.69, 9.17) is 9.47 Å². The Morgan fingerprint density at radius 1 is 1.09 bits per heavy atom. The quantitative estimate of drug-likeness (QED) is 0.385. The van der Waals surface area contributed by atoms with Gasteiger partial charge in [0, 0.05) is 46.9 Å². The summed E-state index contributed by atoms with van der Waals surface area (Å²) in [5, 5.41) is 22.4. The van der Waals surface area contributed by atoms with Gasteiger partial charge in [-0.3, -0.25) is 20.0 Å². The number of ketones is 1. The van der Waals surface area contributed by atoms with Crippen molar-refractivity contribution in [2.45, 2.75) is 32.6 Å². The lowest BCUT2D eigenvalue weighted by molar-refractivity contribution is -0.384. The number of hydrogen-bond acceptors (Lipinski definition) is 7. The van der Waals surface area contributed by atoms with Gasteiger partial charge in [0.1, 0.15) is 0 Å². The van der Waals surface area contributed by atoms with Crippen LogP contribution >= 0.6 is 0 Å². The van der Waals surface area contributed by atoms with Crippen LogP contribution in [0.4, 0.5) is 11.5 Å². The summed E-state index contributed by atoms with van der Waals surface area (Å²) in [7, 11) is 3.14. The summed E-state index contributed by atoms with van der Waals surface area (Å²) in [6.45, 7) is 4.16. The highest BCUT2D eigenvalue weighted by Gasteiger charge is 2.43. The van der Waals surface area contributed by atoms with E-state index in [1.54, 1.807) is 26.4 Å². The van der Waals surface area contributed by atoms with Crippen LogP contribution in [0.1, 0.15) is 43.7 Å². The molecule has 3 aromatic rings. The number of H-pyrrole nitrogens is 1. The Balaban J connectivity index is 1.74. The summed E-state index contributed by atoms with van der Waals surface area (Å²) in [4.78, 5) is 24.5. The summed E-state index contributed by atoms with van der Waals surface area (Å²) < 4.78 is 11.0. The van der Waals surface area contributed by atoms with Crippen LogP contribution in [0, 0.1) is 15.5 Å². The normalized spacial score (nSPS) is 18.4. The number of nitrogens with zero attached hydrogens (tertiary/aromatic N) is 2. The molecule has 0 radical (unpaired) electrons. The second kappa shape index (κ2) is 8.26. The van der Waals surface area contributed by atoms with E-state index < -0.39 is 10.8 Å². The van der Waals surface area contributed by atoms with Crippen molar-refractivity contribution in [3.05, 3.63) is 75.0 Å². The molecule has 5 rings (SSSR count). The van der Waals surface area contributed by atoms with Gasteiger partial charge in [-0.05, 0) is 29.5 Å². The minimum Gasteiger partial charge on any atom is -0.493 e. The number of rotatable bonds is 5. The zero-order chi connectivity index (χ0) is 24.9. The van der Waals surface area contributed by atoms with Gasteiger partial charge < -0.3 is 14.8 Å². The van der Waals surface area contributed by atoms with Gasteiger partial charge in [-0.25, -0.2) is 0 Å². The number of Topliss-reactive ketones (excluding diaryl/α,β-unsaturated/α-hetero) is 1. The molecule has 0 spiro atoms. The molecular formula is C26H26N4O5. The zero-order valence-electron chi connectivity index (χ0n) is 20.0. The van der Waals surface area contributed by atoms with Gasteiger partial charge in [-0.2, -0.15) is 5.10 Å². The van der Waals surface area contributed by atoms with Crippen molar-refractivity contribution in [2.24, 2.45) is 5.41 Å². The predicted octanol–water partition coefficient (Wildman–Crippen LogP) is 5.20. The van der Waals surface area contributed by atoms with Gasteiger partial charge in [0.2, 0.25) is 0 Å². The molecule has 1 atom stereocenters. The van der Waals surface area contributed by atoms with Gasteiger partial charge >= 0.3 is 0 Å². The molecule has 0 amide bonds. The minimum absolute atomic E-state index is 0.0207. The number of benzene rings is 2. The number of aromatic amines is 1. The SMILES string of the molecule is COc1ccc([C@H]2C3=C(CC(C)(C)CC3=O)Nc3n[nH]c(-c4cccc([N+](=O)[O-])c4)c32)cc1OC. The molecule has 2 aliphatic rings. The Bertz CT molecular complexity index is 1390. The fourth-order valence-corrected chi connectivity index (χ4v) is 5.16. The summed E-state index contributed by atoms with van der Waals surface area (Å²) in [5.41, 5.74) is 4.21. The molecule has 2 heterocycles. The number of aromatic nitrogens is 2. The number of hydrogen-bond donors (Lipinski definition) is 2. The smallest absolute Gasteiger partial charge is 0.270 e. The molecule has 35 heavy (non-hydrogen) atoms. The van der Waals surface area contributed by atoms with E-state index in [0.717, 1.165) is 16.8 Å². The molecule has 0 saturated heterocycles. The lowest BCUT2D eigenvalue weighted by Gasteiger charge is -2.38. The molecule has 0 unspecified atom stereocenters. The van der Waals surface area contributed by atoms with E-state index in [1.165, 1.54) is 12.1 Å². The van der Waals surface area contributed by atoms with Crippen LogP contribution in [0.25, 0.3) is 11.3 Å². The van der Waals surface area contributed by atoms with Crippen molar-refractivity contribution in [1.82, 2.24) is 10.2 Å². The number of nitro benzene ring substituents is 1. The van der Waals surface area contributed by atoms with E-state index >= 15 is 0 Å². The largest absolute Gasteiger partial charge is 0.493 e. The summed E-state index contributed by atoms with van der Waals surface area (Å²) in [6, 6.07) is 12.0. The van der Waals surface area contributed by atoms with Crippen LogP contribution in [0.5, 0.6) is 11.5 Å². The number of nitrogens with one attached hydrogen (secondary N) is 2. The topological polar surface area (TPSA) is 119 Å². The first kappa shape index (κ1) is 22.6. The van der Waals surface area contributed by atoms with Gasteiger partial charge in [-0.1, -0.05) is 32.0 Å². The standard InChI is InChI=1S/C26H26N4O5/c1-26(2)12-17-22(18(31)13-26)21(14-8-9-19(34-3)20(11-14)35-4)23-24(28-29-25(23)27-17)15-6-5-7-16(10-15)30(32)33/h5-11,21H,12-13H2,1-4H3,(H2,27,28,29)/t21-/m0/s1. The monoisotopic (exact) mass is 474 g/mol. The van der Waals surface area contributed by atoms with Crippen molar-refractivity contribution in [2.75, 3.05) is 19.5 Å². The van der Waals surface area contributed by atoms with Crippen molar-refractivity contribution >= 4 is 17.3 Å². The van der Waals surface area contributed by atoms with Crippen molar-refractivity contribution in [3.8, 4) is 22.8 Å². The van der Waals surface area contributed by atoms with Gasteiger partial charge in [-0.15, -0.1) is 0 Å². The van der Waals surface area contributed by atoms with Crippen LogP contribution < -0.4 is 14.8 Å². The highest BCUT2D eigenvalue weighted by molar-refractivity contribution is 6.02.